The van der Waals surface area contributed by atoms with Crippen molar-refractivity contribution in [3.63, 3.8) is 0 Å². The minimum absolute atomic E-state index is 0.149. The monoisotopic (exact) mass is 267 g/mol. The van der Waals surface area contributed by atoms with E-state index < -0.39 is 0 Å². The molecule has 2 heterocycles. The SMILES string of the molecule is CCCC1(C(=O)NCC2CCCN2C)CCCNC1. The largest absolute Gasteiger partial charge is 0.354 e. The summed E-state index contributed by atoms with van der Waals surface area (Å²) in [5.41, 5.74) is -0.149. The summed E-state index contributed by atoms with van der Waals surface area (Å²) in [6.45, 7) is 6.08. The highest BCUT2D eigenvalue weighted by atomic mass is 16.2. The Hall–Kier alpha value is -0.610. The Balaban J connectivity index is 1.88. The minimum Gasteiger partial charge on any atom is -0.354 e. The van der Waals surface area contributed by atoms with E-state index in [4.69, 9.17) is 0 Å². The van der Waals surface area contributed by atoms with Crippen LogP contribution >= 0.6 is 0 Å². The van der Waals surface area contributed by atoms with E-state index in [1.807, 2.05) is 0 Å². The summed E-state index contributed by atoms with van der Waals surface area (Å²) < 4.78 is 0. The number of piperidine rings is 1. The van der Waals surface area contributed by atoms with E-state index in [0.29, 0.717) is 6.04 Å². The standard InChI is InChI=1S/C15H29N3O/c1-3-7-15(8-5-9-16-12-15)14(19)17-11-13-6-4-10-18(13)2/h13,16H,3-12H2,1-2H3,(H,17,19). The van der Waals surface area contributed by atoms with Crippen LogP contribution in [-0.2, 0) is 4.79 Å². The van der Waals surface area contributed by atoms with Gasteiger partial charge in [-0.3, -0.25) is 4.79 Å². The van der Waals surface area contributed by atoms with Gasteiger partial charge in [-0.25, -0.2) is 0 Å². The Morgan fingerprint density at radius 2 is 2.32 bits per heavy atom. The summed E-state index contributed by atoms with van der Waals surface area (Å²) in [4.78, 5) is 15.0. The van der Waals surface area contributed by atoms with Crippen molar-refractivity contribution in [1.29, 1.82) is 0 Å². The van der Waals surface area contributed by atoms with Crippen molar-refractivity contribution < 1.29 is 4.79 Å². The number of hydrogen-bond donors (Lipinski definition) is 2. The lowest BCUT2D eigenvalue weighted by Crippen LogP contribution is -2.52. The molecule has 110 valence electrons. The number of rotatable bonds is 5. The number of carbonyl (C=O) groups excluding carboxylic acids is 1. The van der Waals surface area contributed by atoms with Crippen LogP contribution in [0.1, 0.15) is 45.4 Å². The van der Waals surface area contributed by atoms with Crippen LogP contribution in [0.4, 0.5) is 0 Å². The van der Waals surface area contributed by atoms with Crippen LogP contribution in [0.5, 0.6) is 0 Å². The number of carbonyl (C=O) groups is 1. The Bertz CT molecular complexity index is 294. The van der Waals surface area contributed by atoms with Crippen LogP contribution in [0, 0.1) is 5.41 Å². The first-order valence-corrected chi connectivity index (χ1v) is 7.87. The summed E-state index contributed by atoms with van der Waals surface area (Å²) in [6, 6.07) is 0.541. The molecule has 0 aromatic carbocycles. The average Bonchev–Trinajstić information content (AvgIpc) is 2.83. The number of nitrogens with one attached hydrogen (secondary N) is 2. The summed E-state index contributed by atoms with van der Waals surface area (Å²) in [7, 11) is 2.16. The van der Waals surface area contributed by atoms with Gasteiger partial charge in [-0.05, 0) is 52.2 Å². The van der Waals surface area contributed by atoms with E-state index in [-0.39, 0.29) is 11.3 Å². The molecule has 2 aliphatic rings. The third-order valence-corrected chi connectivity index (χ3v) is 4.85. The van der Waals surface area contributed by atoms with Crippen molar-refractivity contribution in [3.8, 4) is 0 Å². The fourth-order valence-corrected chi connectivity index (χ4v) is 3.60. The molecule has 0 aromatic rings. The van der Waals surface area contributed by atoms with E-state index in [9.17, 15) is 4.79 Å². The zero-order valence-corrected chi connectivity index (χ0v) is 12.5. The van der Waals surface area contributed by atoms with Crippen molar-refractivity contribution in [2.45, 2.75) is 51.5 Å². The first-order chi connectivity index (χ1) is 9.18. The quantitative estimate of drug-likeness (QED) is 0.791. The van der Waals surface area contributed by atoms with Crippen LogP contribution < -0.4 is 10.6 Å². The van der Waals surface area contributed by atoms with Gasteiger partial charge < -0.3 is 15.5 Å². The van der Waals surface area contributed by atoms with Gasteiger partial charge in [-0.1, -0.05) is 13.3 Å². The predicted octanol–water partition coefficient (Wildman–Crippen LogP) is 1.37. The van der Waals surface area contributed by atoms with E-state index >= 15 is 0 Å². The second-order valence-corrected chi connectivity index (χ2v) is 6.30. The van der Waals surface area contributed by atoms with Gasteiger partial charge in [0.05, 0.1) is 5.41 Å². The molecule has 4 heteroatoms. The summed E-state index contributed by atoms with van der Waals surface area (Å²) in [5, 5.41) is 6.64. The van der Waals surface area contributed by atoms with Crippen LogP contribution in [0.25, 0.3) is 0 Å². The zero-order chi connectivity index (χ0) is 13.7. The molecule has 0 spiro atoms. The van der Waals surface area contributed by atoms with Gasteiger partial charge in [0, 0.05) is 19.1 Å². The van der Waals surface area contributed by atoms with Crippen LogP contribution in [0.3, 0.4) is 0 Å². The molecular weight excluding hydrogens is 238 g/mol. The molecular formula is C15H29N3O. The molecule has 1 amide bonds. The first kappa shape index (κ1) is 14.8. The lowest BCUT2D eigenvalue weighted by atomic mass is 9.76. The Kier molecular flexibility index (Phi) is 5.22. The molecule has 2 N–H and O–H groups in total. The van der Waals surface area contributed by atoms with Crippen molar-refractivity contribution in [3.05, 3.63) is 0 Å². The maximum atomic E-state index is 12.6. The van der Waals surface area contributed by atoms with Crippen LogP contribution in [-0.4, -0.2) is 50.1 Å². The Morgan fingerprint density at radius 3 is 2.89 bits per heavy atom. The maximum Gasteiger partial charge on any atom is 0.227 e. The minimum atomic E-state index is -0.149. The lowest BCUT2D eigenvalue weighted by molar-refractivity contribution is -0.132. The number of amides is 1. The number of likely N-dealkylation sites (N-methyl/N-ethyl adjacent to an activating group) is 1. The normalized spacial score (nSPS) is 32.4. The molecule has 0 bridgehead atoms. The van der Waals surface area contributed by atoms with Gasteiger partial charge in [0.1, 0.15) is 0 Å². The Morgan fingerprint density at radius 1 is 1.47 bits per heavy atom. The molecule has 2 saturated heterocycles. The lowest BCUT2D eigenvalue weighted by Gasteiger charge is -2.36. The van der Waals surface area contributed by atoms with Gasteiger partial charge in [0.2, 0.25) is 5.91 Å². The molecule has 0 saturated carbocycles. The third-order valence-electron chi connectivity index (χ3n) is 4.85. The predicted molar refractivity (Wildman–Crippen MR) is 78.1 cm³/mol. The molecule has 2 rings (SSSR count). The van der Waals surface area contributed by atoms with Crippen molar-refractivity contribution in [2.24, 2.45) is 5.41 Å². The molecule has 19 heavy (non-hydrogen) atoms. The topological polar surface area (TPSA) is 44.4 Å². The van der Waals surface area contributed by atoms with Crippen molar-refractivity contribution >= 4 is 5.91 Å². The van der Waals surface area contributed by atoms with Crippen molar-refractivity contribution in [2.75, 3.05) is 33.2 Å². The summed E-state index contributed by atoms with van der Waals surface area (Å²) in [5.74, 6) is 0.279. The van der Waals surface area contributed by atoms with Crippen LogP contribution in [0.15, 0.2) is 0 Å². The van der Waals surface area contributed by atoms with Gasteiger partial charge >= 0.3 is 0 Å². The average molecular weight is 267 g/mol. The maximum absolute atomic E-state index is 12.6. The number of hydrogen-bond acceptors (Lipinski definition) is 3. The Labute approximate surface area is 117 Å². The van der Waals surface area contributed by atoms with E-state index in [2.05, 4.69) is 29.5 Å². The van der Waals surface area contributed by atoms with E-state index in [0.717, 1.165) is 45.3 Å². The molecule has 0 radical (unpaired) electrons. The molecule has 2 fully saturated rings. The van der Waals surface area contributed by atoms with Crippen LogP contribution in [0.2, 0.25) is 0 Å². The fraction of sp³-hybridized carbons (Fsp3) is 0.933. The number of likely N-dealkylation sites (tertiary alicyclic amines) is 1. The van der Waals surface area contributed by atoms with Crippen molar-refractivity contribution in [1.82, 2.24) is 15.5 Å². The second-order valence-electron chi connectivity index (χ2n) is 6.30. The highest BCUT2D eigenvalue weighted by Gasteiger charge is 2.38. The highest BCUT2D eigenvalue weighted by molar-refractivity contribution is 5.83. The van der Waals surface area contributed by atoms with Gasteiger partial charge in [-0.2, -0.15) is 0 Å². The first-order valence-electron chi connectivity index (χ1n) is 7.87. The second kappa shape index (κ2) is 6.71. The zero-order valence-electron chi connectivity index (χ0n) is 12.5. The molecule has 2 aliphatic heterocycles. The number of nitrogens with zero attached hydrogens (tertiary/aromatic N) is 1. The highest BCUT2D eigenvalue weighted by Crippen LogP contribution is 2.32. The van der Waals surface area contributed by atoms with Gasteiger partial charge in [0.15, 0.2) is 0 Å². The van der Waals surface area contributed by atoms with E-state index in [1.165, 1.54) is 19.4 Å². The summed E-state index contributed by atoms with van der Waals surface area (Å²) in [6.07, 6.45) is 6.73. The van der Waals surface area contributed by atoms with Gasteiger partial charge in [-0.15, -0.1) is 0 Å². The fourth-order valence-electron chi connectivity index (χ4n) is 3.60. The molecule has 2 atom stereocenters. The molecule has 0 aliphatic carbocycles. The molecule has 4 nitrogen and oxygen atoms in total. The summed E-state index contributed by atoms with van der Waals surface area (Å²) >= 11 is 0. The third kappa shape index (κ3) is 3.48. The smallest absolute Gasteiger partial charge is 0.227 e. The molecule has 0 aromatic heterocycles. The molecule has 2 unspecified atom stereocenters. The van der Waals surface area contributed by atoms with Gasteiger partial charge in [0.25, 0.3) is 0 Å². The van der Waals surface area contributed by atoms with E-state index in [1.54, 1.807) is 0 Å².